The van der Waals surface area contributed by atoms with Crippen LogP contribution in [0.25, 0.3) is 6.08 Å². The van der Waals surface area contributed by atoms with Gasteiger partial charge in [0.25, 0.3) is 0 Å². The fourth-order valence-corrected chi connectivity index (χ4v) is 2.00. The monoisotopic (exact) mass is 228 g/mol. The summed E-state index contributed by atoms with van der Waals surface area (Å²) in [5.41, 5.74) is 3.16. The molecular formula is C12H12N4O. The fraction of sp³-hybridized carbons (Fsp3) is 0.250. The molecule has 0 radical (unpaired) electrons. The summed E-state index contributed by atoms with van der Waals surface area (Å²) in [4.78, 5) is 20.6. The van der Waals surface area contributed by atoms with Crippen LogP contribution in [0.15, 0.2) is 24.5 Å². The summed E-state index contributed by atoms with van der Waals surface area (Å²) >= 11 is 0. The molecule has 1 saturated heterocycles. The van der Waals surface area contributed by atoms with Crippen LogP contribution in [-0.4, -0.2) is 22.4 Å². The van der Waals surface area contributed by atoms with Crippen molar-refractivity contribution in [2.75, 3.05) is 6.54 Å². The third kappa shape index (κ3) is 1.74. The third-order valence-electron chi connectivity index (χ3n) is 2.86. The van der Waals surface area contributed by atoms with Crippen molar-refractivity contribution in [2.45, 2.75) is 12.5 Å². The van der Waals surface area contributed by atoms with Crippen molar-refractivity contribution in [3.8, 4) is 0 Å². The van der Waals surface area contributed by atoms with Gasteiger partial charge in [-0.1, -0.05) is 12.7 Å². The summed E-state index contributed by atoms with van der Waals surface area (Å²) in [5, 5.41) is 5.80. The molecule has 0 spiro atoms. The molecule has 3 rings (SSSR count). The first-order valence-electron chi connectivity index (χ1n) is 5.48. The molecule has 5 nitrogen and oxygen atoms in total. The number of rotatable bonds is 1. The van der Waals surface area contributed by atoms with Crippen molar-refractivity contribution in [2.24, 2.45) is 0 Å². The van der Waals surface area contributed by atoms with Crippen molar-refractivity contribution in [1.29, 1.82) is 0 Å². The minimum Gasteiger partial charge on any atom is -0.327 e. The maximum atomic E-state index is 11.8. The smallest absolute Gasteiger partial charge is 0.247 e. The highest BCUT2D eigenvalue weighted by Crippen LogP contribution is 2.19. The van der Waals surface area contributed by atoms with Crippen molar-refractivity contribution in [3.05, 3.63) is 41.6 Å². The fourth-order valence-electron chi connectivity index (χ4n) is 2.00. The van der Waals surface area contributed by atoms with Gasteiger partial charge < -0.3 is 5.32 Å². The summed E-state index contributed by atoms with van der Waals surface area (Å²) in [6, 6.07) is -0.438. The Morgan fingerprint density at radius 1 is 1.47 bits per heavy atom. The van der Waals surface area contributed by atoms with Crippen LogP contribution < -0.4 is 10.6 Å². The van der Waals surface area contributed by atoms with E-state index < -0.39 is 6.04 Å². The molecule has 0 aromatic carbocycles. The van der Waals surface area contributed by atoms with Crippen LogP contribution in [0, 0.1) is 0 Å². The zero-order chi connectivity index (χ0) is 11.8. The molecular weight excluding hydrogens is 216 g/mol. The lowest BCUT2D eigenvalue weighted by atomic mass is 10.1. The van der Waals surface area contributed by atoms with Crippen LogP contribution in [0.5, 0.6) is 0 Å². The number of allylic oxidation sites excluding steroid dienone is 1. The third-order valence-corrected chi connectivity index (χ3v) is 2.86. The molecule has 1 aliphatic carbocycles. The Morgan fingerprint density at radius 3 is 3.18 bits per heavy atom. The van der Waals surface area contributed by atoms with Gasteiger partial charge in [0.2, 0.25) is 5.91 Å². The Bertz CT molecular complexity index is 535. The highest BCUT2D eigenvalue weighted by molar-refractivity contribution is 5.85. The quantitative estimate of drug-likeness (QED) is 0.726. The van der Waals surface area contributed by atoms with Crippen LogP contribution in [0.1, 0.15) is 23.1 Å². The van der Waals surface area contributed by atoms with E-state index in [1.807, 2.05) is 12.2 Å². The predicted molar refractivity (Wildman–Crippen MR) is 62.8 cm³/mol. The van der Waals surface area contributed by atoms with E-state index in [4.69, 9.17) is 0 Å². The molecule has 1 aliphatic heterocycles. The molecule has 1 aromatic heterocycles. The topological polar surface area (TPSA) is 66.9 Å². The minimum atomic E-state index is -0.438. The standard InChI is InChI=1S/C12H12N4O/c1-7-5-14-11(12(17)15-7)10-6-13-8-3-2-4-9(8)16-10/h2,4,6,11,14H,1,3,5H2,(H,15,17). The van der Waals surface area contributed by atoms with Crippen LogP contribution in [0.3, 0.4) is 0 Å². The van der Waals surface area contributed by atoms with Crippen molar-refractivity contribution < 1.29 is 4.79 Å². The number of nitrogens with zero attached hydrogens (tertiary/aromatic N) is 2. The molecule has 1 unspecified atom stereocenters. The first-order chi connectivity index (χ1) is 8.24. The lowest BCUT2D eigenvalue weighted by Gasteiger charge is -2.24. The lowest BCUT2D eigenvalue weighted by Crippen LogP contribution is -2.45. The van der Waals surface area contributed by atoms with Gasteiger partial charge in [-0.3, -0.25) is 15.1 Å². The van der Waals surface area contributed by atoms with Crippen molar-refractivity contribution >= 4 is 12.0 Å². The minimum absolute atomic E-state index is 0.127. The van der Waals surface area contributed by atoms with Gasteiger partial charge in [-0.2, -0.15) is 0 Å². The van der Waals surface area contributed by atoms with E-state index in [1.54, 1.807) is 6.20 Å². The number of aromatic nitrogens is 2. The Balaban J connectivity index is 1.91. The number of amides is 1. The number of piperazine rings is 1. The second kappa shape index (κ2) is 3.78. The molecule has 2 N–H and O–H groups in total. The number of hydrogen-bond acceptors (Lipinski definition) is 4. The largest absolute Gasteiger partial charge is 0.327 e. The number of carbonyl (C=O) groups is 1. The van der Waals surface area contributed by atoms with E-state index in [9.17, 15) is 4.79 Å². The van der Waals surface area contributed by atoms with Gasteiger partial charge in [0.05, 0.1) is 23.3 Å². The molecule has 1 aromatic rings. The first kappa shape index (κ1) is 10.2. The molecule has 1 atom stereocenters. The van der Waals surface area contributed by atoms with Gasteiger partial charge in [0, 0.05) is 18.7 Å². The van der Waals surface area contributed by atoms with E-state index >= 15 is 0 Å². The van der Waals surface area contributed by atoms with Crippen LogP contribution >= 0.6 is 0 Å². The van der Waals surface area contributed by atoms with Crippen LogP contribution in [-0.2, 0) is 11.2 Å². The summed E-state index contributed by atoms with van der Waals surface area (Å²) in [6.45, 7) is 4.27. The molecule has 2 aliphatic rings. The Kier molecular flexibility index (Phi) is 2.26. The molecule has 0 saturated carbocycles. The maximum Gasteiger partial charge on any atom is 0.247 e. The highest BCUT2D eigenvalue weighted by atomic mass is 16.2. The summed E-state index contributed by atoms with van der Waals surface area (Å²) in [7, 11) is 0. The molecule has 5 heteroatoms. The Morgan fingerprint density at radius 2 is 2.35 bits per heavy atom. The number of hydrogen-bond donors (Lipinski definition) is 2. The second-order valence-corrected chi connectivity index (χ2v) is 4.14. The van der Waals surface area contributed by atoms with Gasteiger partial charge in [-0.15, -0.1) is 0 Å². The van der Waals surface area contributed by atoms with Gasteiger partial charge in [0.15, 0.2) is 0 Å². The van der Waals surface area contributed by atoms with Gasteiger partial charge in [-0.25, -0.2) is 4.98 Å². The van der Waals surface area contributed by atoms with Crippen molar-refractivity contribution in [1.82, 2.24) is 20.6 Å². The van der Waals surface area contributed by atoms with Gasteiger partial charge in [-0.05, 0) is 6.08 Å². The average molecular weight is 228 g/mol. The SMILES string of the molecule is C=C1CNC(c2cnc3c(n2)C=CC3)C(=O)N1. The van der Waals surface area contributed by atoms with Crippen LogP contribution in [0.4, 0.5) is 0 Å². The van der Waals surface area contributed by atoms with Gasteiger partial charge in [0.1, 0.15) is 6.04 Å². The zero-order valence-corrected chi connectivity index (χ0v) is 9.23. The maximum absolute atomic E-state index is 11.8. The summed E-state index contributed by atoms with van der Waals surface area (Å²) in [6.07, 6.45) is 6.44. The Hall–Kier alpha value is -2.01. The van der Waals surface area contributed by atoms with E-state index in [-0.39, 0.29) is 5.91 Å². The Labute approximate surface area is 98.7 Å². The molecule has 2 heterocycles. The number of nitrogens with one attached hydrogen (secondary N) is 2. The summed E-state index contributed by atoms with van der Waals surface area (Å²) < 4.78 is 0. The first-order valence-corrected chi connectivity index (χ1v) is 5.48. The van der Waals surface area contributed by atoms with E-state index in [1.165, 1.54) is 0 Å². The molecule has 1 fully saturated rings. The zero-order valence-electron chi connectivity index (χ0n) is 9.23. The second-order valence-electron chi connectivity index (χ2n) is 4.14. The number of fused-ring (bicyclic) bond motifs is 1. The van der Waals surface area contributed by atoms with E-state index in [0.717, 1.165) is 17.8 Å². The predicted octanol–water partition coefficient (Wildman–Crippen LogP) is 0.320. The average Bonchev–Trinajstić information content (AvgIpc) is 2.75. The molecule has 86 valence electrons. The summed E-state index contributed by atoms with van der Waals surface area (Å²) in [5.74, 6) is -0.127. The van der Waals surface area contributed by atoms with Gasteiger partial charge >= 0.3 is 0 Å². The molecule has 17 heavy (non-hydrogen) atoms. The van der Waals surface area contributed by atoms with Crippen molar-refractivity contribution in [3.63, 3.8) is 0 Å². The normalized spacial score (nSPS) is 22.5. The lowest BCUT2D eigenvalue weighted by molar-refractivity contribution is -0.123. The van der Waals surface area contributed by atoms with E-state index in [2.05, 4.69) is 27.2 Å². The molecule has 1 amide bonds. The molecule has 0 bridgehead atoms. The van der Waals surface area contributed by atoms with Crippen LogP contribution in [0.2, 0.25) is 0 Å². The highest BCUT2D eigenvalue weighted by Gasteiger charge is 2.27. The number of carbonyl (C=O) groups excluding carboxylic acids is 1. The van der Waals surface area contributed by atoms with E-state index in [0.29, 0.717) is 17.9 Å².